The smallest absolute Gasteiger partial charge is 0.195 e. The van der Waals surface area contributed by atoms with Crippen LogP contribution in [-0.4, -0.2) is 21.7 Å². The first-order valence-electron chi connectivity index (χ1n) is 5.44. The van der Waals surface area contributed by atoms with Gasteiger partial charge in [0.2, 0.25) is 0 Å². The van der Waals surface area contributed by atoms with Crippen LogP contribution in [0.3, 0.4) is 0 Å². The highest BCUT2D eigenvalue weighted by atomic mass is 79.9. The monoisotopic (exact) mass is 311 g/mol. The fourth-order valence-electron chi connectivity index (χ4n) is 0.907. The second-order valence-corrected chi connectivity index (χ2v) is 11.1. The van der Waals surface area contributed by atoms with Crippen LogP contribution in [0.25, 0.3) is 0 Å². The van der Waals surface area contributed by atoms with Crippen molar-refractivity contribution in [3.8, 4) is 0 Å². The van der Waals surface area contributed by atoms with Crippen molar-refractivity contribution in [3.05, 3.63) is 10.7 Å². The van der Waals surface area contributed by atoms with Gasteiger partial charge in [-0.15, -0.1) is 0 Å². The number of alkyl halides is 1. The van der Waals surface area contributed by atoms with E-state index in [1.807, 2.05) is 0 Å². The summed E-state index contributed by atoms with van der Waals surface area (Å²) in [7, 11) is -0.220. The van der Waals surface area contributed by atoms with Gasteiger partial charge in [-0.05, 0) is 18.1 Å². The van der Waals surface area contributed by atoms with Crippen LogP contribution in [0, 0.1) is 0 Å². The maximum absolute atomic E-state index is 13.7. The first kappa shape index (κ1) is 16.1. The molecular weight excluding hydrogens is 289 g/mol. The molecule has 0 aromatic rings. The summed E-state index contributed by atoms with van der Waals surface area (Å²) in [4.78, 5) is 0. The lowest BCUT2D eigenvalue weighted by molar-refractivity contribution is 0.0556. The second-order valence-electron chi connectivity index (χ2n) is 5.37. The predicted molar refractivity (Wildman–Crippen MR) is 73.9 cm³/mol. The molecule has 0 heterocycles. The summed E-state index contributed by atoms with van der Waals surface area (Å²) in [6, 6.07) is 0. The molecule has 16 heavy (non-hydrogen) atoms. The standard InChI is InChI=1S/C11H23BrFNOSi/c1-11(2,3)16(5,6)15-10(13)7-9(12)8-14-4/h8,10,14H,7H2,1-6H3/b9-8+. The lowest BCUT2D eigenvalue weighted by Crippen LogP contribution is -2.43. The molecule has 2 nitrogen and oxygen atoms in total. The highest BCUT2D eigenvalue weighted by molar-refractivity contribution is 9.11. The largest absolute Gasteiger partial charge is 0.393 e. The van der Waals surface area contributed by atoms with Gasteiger partial charge >= 0.3 is 0 Å². The van der Waals surface area contributed by atoms with Crippen LogP contribution in [0.4, 0.5) is 4.39 Å². The number of rotatable bonds is 5. The summed E-state index contributed by atoms with van der Waals surface area (Å²) >= 11 is 3.29. The normalized spacial score (nSPS) is 16.1. The molecule has 0 aromatic heterocycles. The minimum absolute atomic E-state index is 0.0382. The lowest BCUT2D eigenvalue weighted by atomic mass is 10.2. The zero-order valence-electron chi connectivity index (χ0n) is 11.0. The number of nitrogens with one attached hydrogen (secondary N) is 1. The zero-order valence-corrected chi connectivity index (χ0v) is 13.6. The average Bonchev–Trinajstić information content (AvgIpc) is 1.99. The van der Waals surface area contributed by atoms with E-state index in [0.717, 1.165) is 4.48 Å². The maximum atomic E-state index is 13.7. The van der Waals surface area contributed by atoms with E-state index in [4.69, 9.17) is 4.43 Å². The molecule has 96 valence electrons. The number of hydrogen-bond acceptors (Lipinski definition) is 2. The van der Waals surface area contributed by atoms with E-state index in [9.17, 15) is 4.39 Å². The summed E-state index contributed by atoms with van der Waals surface area (Å²) in [5, 5.41) is 2.88. The quantitative estimate of drug-likeness (QED) is 0.770. The third kappa shape index (κ3) is 5.45. The number of halogens is 2. The van der Waals surface area contributed by atoms with E-state index in [-0.39, 0.29) is 11.5 Å². The molecular formula is C11H23BrFNOSi. The van der Waals surface area contributed by atoms with Gasteiger partial charge in [-0.25, -0.2) is 4.39 Å². The van der Waals surface area contributed by atoms with Crippen LogP contribution in [0.1, 0.15) is 27.2 Å². The van der Waals surface area contributed by atoms with Gasteiger partial charge in [0.1, 0.15) is 0 Å². The van der Waals surface area contributed by atoms with Gasteiger partial charge in [0.15, 0.2) is 14.7 Å². The first-order chi connectivity index (χ1) is 7.10. The minimum Gasteiger partial charge on any atom is -0.393 e. The minimum atomic E-state index is -2.00. The van der Waals surface area contributed by atoms with Crippen LogP contribution >= 0.6 is 15.9 Å². The van der Waals surface area contributed by atoms with Crippen LogP contribution in [0.15, 0.2) is 10.7 Å². The van der Waals surface area contributed by atoms with Crippen molar-refractivity contribution in [1.29, 1.82) is 0 Å². The van der Waals surface area contributed by atoms with Gasteiger partial charge < -0.3 is 9.74 Å². The van der Waals surface area contributed by atoms with Gasteiger partial charge in [0.25, 0.3) is 0 Å². The molecule has 0 aromatic carbocycles. The summed E-state index contributed by atoms with van der Waals surface area (Å²) in [5.74, 6) is 0. The van der Waals surface area contributed by atoms with E-state index in [2.05, 4.69) is 55.1 Å². The predicted octanol–water partition coefficient (Wildman–Crippen LogP) is 4.15. The van der Waals surface area contributed by atoms with E-state index in [1.165, 1.54) is 0 Å². The molecule has 0 aliphatic rings. The highest BCUT2D eigenvalue weighted by Crippen LogP contribution is 2.38. The second kappa shape index (κ2) is 6.17. The topological polar surface area (TPSA) is 21.3 Å². The SMILES string of the molecule is CN/C=C(/Br)CC(F)O[Si](C)(C)C(C)(C)C. The lowest BCUT2D eigenvalue weighted by Gasteiger charge is -2.37. The molecule has 1 atom stereocenters. The van der Waals surface area contributed by atoms with Crippen molar-refractivity contribution in [2.45, 2.75) is 51.7 Å². The average molecular weight is 312 g/mol. The third-order valence-electron chi connectivity index (χ3n) is 2.89. The Bertz CT molecular complexity index is 251. The Labute approximate surface area is 108 Å². The number of hydrogen-bond donors (Lipinski definition) is 1. The van der Waals surface area contributed by atoms with Crippen molar-refractivity contribution < 1.29 is 8.82 Å². The third-order valence-corrected chi connectivity index (χ3v) is 7.90. The van der Waals surface area contributed by atoms with Crippen molar-refractivity contribution in [2.75, 3.05) is 7.05 Å². The first-order valence-corrected chi connectivity index (χ1v) is 9.14. The van der Waals surface area contributed by atoms with Gasteiger partial charge in [0, 0.05) is 24.2 Å². The molecule has 0 saturated heterocycles. The molecule has 0 radical (unpaired) electrons. The Morgan fingerprint density at radius 1 is 1.50 bits per heavy atom. The van der Waals surface area contributed by atoms with Crippen molar-refractivity contribution in [1.82, 2.24) is 5.32 Å². The molecule has 0 bridgehead atoms. The highest BCUT2D eigenvalue weighted by Gasteiger charge is 2.39. The molecule has 0 saturated carbocycles. The van der Waals surface area contributed by atoms with E-state index < -0.39 is 14.7 Å². The van der Waals surface area contributed by atoms with Gasteiger partial charge in [0.05, 0.1) is 0 Å². The Balaban J connectivity index is 4.35. The molecule has 1 unspecified atom stereocenters. The van der Waals surface area contributed by atoms with Gasteiger partial charge in [-0.1, -0.05) is 36.7 Å². The Morgan fingerprint density at radius 3 is 2.38 bits per heavy atom. The molecule has 0 rings (SSSR count). The van der Waals surface area contributed by atoms with Crippen molar-refractivity contribution in [3.63, 3.8) is 0 Å². The Kier molecular flexibility index (Phi) is 6.21. The van der Waals surface area contributed by atoms with E-state index in [1.54, 1.807) is 13.2 Å². The molecule has 0 aliphatic carbocycles. The Morgan fingerprint density at radius 2 is 2.00 bits per heavy atom. The fourth-order valence-corrected chi connectivity index (χ4v) is 2.47. The Hall–Kier alpha value is 0.127. The van der Waals surface area contributed by atoms with Crippen LogP contribution < -0.4 is 5.32 Å². The molecule has 0 amide bonds. The van der Waals surface area contributed by atoms with Crippen molar-refractivity contribution >= 4 is 24.2 Å². The summed E-state index contributed by atoms with van der Waals surface area (Å²) < 4.78 is 20.1. The summed E-state index contributed by atoms with van der Waals surface area (Å²) in [6.45, 7) is 10.4. The molecule has 0 spiro atoms. The zero-order chi connectivity index (χ0) is 13.0. The molecule has 5 heteroatoms. The van der Waals surface area contributed by atoms with Crippen LogP contribution in [0.5, 0.6) is 0 Å². The van der Waals surface area contributed by atoms with Gasteiger partial charge in [-0.3, -0.25) is 0 Å². The molecule has 1 N–H and O–H groups in total. The van der Waals surface area contributed by atoms with Crippen molar-refractivity contribution in [2.24, 2.45) is 0 Å². The maximum Gasteiger partial charge on any atom is 0.195 e. The summed E-state index contributed by atoms with van der Waals surface area (Å²) in [5.41, 5.74) is 0. The van der Waals surface area contributed by atoms with Gasteiger partial charge in [-0.2, -0.15) is 0 Å². The molecule has 0 aliphatic heterocycles. The van der Waals surface area contributed by atoms with E-state index >= 15 is 0 Å². The van der Waals surface area contributed by atoms with Crippen LogP contribution in [0.2, 0.25) is 18.1 Å². The molecule has 0 fully saturated rings. The fraction of sp³-hybridized carbons (Fsp3) is 0.818. The van der Waals surface area contributed by atoms with Crippen LogP contribution in [-0.2, 0) is 4.43 Å². The van der Waals surface area contributed by atoms with E-state index in [0.29, 0.717) is 0 Å². The summed E-state index contributed by atoms with van der Waals surface area (Å²) in [6.07, 6.45) is 0.745.